The molecule has 0 aromatic heterocycles. The highest BCUT2D eigenvalue weighted by atomic mass is 16.5. The highest BCUT2D eigenvalue weighted by Gasteiger charge is 2.10. The van der Waals surface area contributed by atoms with Gasteiger partial charge < -0.3 is 9.47 Å². The SMILES string of the molecule is CC(C)(C)CCOCCOCC(C)(C)C. The monoisotopic (exact) mass is 216 g/mol. The van der Waals surface area contributed by atoms with Gasteiger partial charge >= 0.3 is 0 Å². The minimum atomic E-state index is 0.255. The summed E-state index contributed by atoms with van der Waals surface area (Å²) in [6, 6.07) is 0. The van der Waals surface area contributed by atoms with E-state index in [0.29, 0.717) is 18.6 Å². The van der Waals surface area contributed by atoms with E-state index in [4.69, 9.17) is 9.47 Å². The highest BCUT2D eigenvalue weighted by Crippen LogP contribution is 2.17. The van der Waals surface area contributed by atoms with Crippen molar-refractivity contribution in [2.45, 2.75) is 48.0 Å². The third-order valence-electron chi connectivity index (χ3n) is 1.90. The third-order valence-corrected chi connectivity index (χ3v) is 1.90. The second-order valence-corrected chi connectivity index (χ2v) is 6.54. The topological polar surface area (TPSA) is 18.5 Å². The van der Waals surface area contributed by atoms with E-state index in [2.05, 4.69) is 41.5 Å². The second-order valence-electron chi connectivity index (χ2n) is 6.54. The lowest BCUT2D eigenvalue weighted by molar-refractivity contribution is 0.0141. The van der Waals surface area contributed by atoms with Crippen LogP contribution in [0.4, 0.5) is 0 Å². The molecule has 2 nitrogen and oxygen atoms in total. The molecule has 0 aliphatic carbocycles. The number of rotatable bonds is 6. The van der Waals surface area contributed by atoms with Gasteiger partial charge in [-0.15, -0.1) is 0 Å². The lowest BCUT2D eigenvalue weighted by atomic mass is 9.93. The van der Waals surface area contributed by atoms with Gasteiger partial charge in [0.1, 0.15) is 0 Å². The van der Waals surface area contributed by atoms with Crippen LogP contribution in [0, 0.1) is 10.8 Å². The average molecular weight is 216 g/mol. The first kappa shape index (κ1) is 14.9. The van der Waals surface area contributed by atoms with Crippen LogP contribution >= 0.6 is 0 Å². The van der Waals surface area contributed by atoms with Crippen molar-refractivity contribution in [3.8, 4) is 0 Å². The van der Waals surface area contributed by atoms with Crippen LogP contribution in [0.5, 0.6) is 0 Å². The summed E-state index contributed by atoms with van der Waals surface area (Å²) in [6.07, 6.45) is 1.10. The molecule has 0 heterocycles. The van der Waals surface area contributed by atoms with Crippen molar-refractivity contribution < 1.29 is 9.47 Å². The molecule has 0 fully saturated rings. The largest absolute Gasteiger partial charge is 0.379 e. The van der Waals surface area contributed by atoms with E-state index >= 15 is 0 Å². The summed E-state index contributed by atoms with van der Waals surface area (Å²) in [4.78, 5) is 0. The predicted octanol–water partition coefficient (Wildman–Crippen LogP) is 3.50. The third kappa shape index (κ3) is 13.9. The molecule has 0 aliphatic heterocycles. The van der Waals surface area contributed by atoms with Crippen molar-refractivity contribution in [2.24, 2.45) is 10.8 Å². The van der Waals surface area contributed by atoms with Crippen molar-refractivity contribution in [1.82, 2.24) is 0 Å². The zero-order chi connectivity index (χ0) is 11.9. The maximum Gasteiger partial charge on any atom is 0.0700 e. The molecule has 0 aromatic carbocycles. The lowest BCUT2D eigenvalue weighted by Gasteiger charge is -2.19. The molecule has 0 saturated carbocycles. The Labute approximate surface area is 95.3 Å². The second kappa shape index (κ2) is 6.49. The smallest absolute Gasteiger partial charge is 0.0700 e. The normalized spacial score (nSPS) is 13.2. The Balaban J connectivity index is 3.20. The van der Waals surface area contributed by atoms with Crippen LogP contribution < -0.4 is 0 Å². The summed E-state index contributed by atoms with van der Waals surface area (Å²) in [6.45, 7) is 16.3. The summed E-state index contributed by atoms with van der Waals surface area (Å²) in [5.74, 6) is 0. The van der Waals surface area contributed by atoms with E-state index in [1.165, 1.54) is 0 Å². The molecule has 0 atom stereocenters. The molecular weight excluding hydrogens is 188 g/mol. The zero-order valence-corrected chi connectivity index (χ0v) is 11.4. The van der Waals surface area contributed by atoms with Crippen molar-refractivity contribution in [2.75, 3.05) is 26.4 Å². The highest BCUT2D eigenvalue weighted by molar-refractivity contribution is 4.60. The first-order valence-electron chi connectivity index (χ1n) is 5.86. The van der Waals surface area contributed by atoms with Crippen LogP contribution in [0.25, 0.3) is 0 Å². The van der Waals surface area contributed by atoms with Crippen molar-refractivity contribution >= 4 is 0 Å². The molecule has 2 heteroatoms. The van der Waals surface area contributed by atoms with E-state index in [1.54, 1.807) is 0 Å². The van der Waals surface area contributed by atoms with Gasteiger partial charge in [0, 0.05) is 6.61 Å². The van der Waals surface area contributed by atoms with Gasteiger partial charge in [-0.05, 0) is 17.3 Å². The fraction of sp³-hybridized carbons (Fsp3) is 1.00. The van der Waals surface area contributed by atoms with Crippen LogP contribution in [0.2, 0.25) is 0 Å². The molecule has 0 saturated heterocycles. The first-order valence-corrected chi connectivity index (χ1v) is 5.86. The number of ether oxygens (including phenoxy) is 2. The van der Waals surface area contributed by atoms with E-state index < -0.39 is 0 Å². The molecular formula is C13H28O2. The summed E-state index contributed by atoms with van der Waals surface area (Å²) in [5, 5.41) is 0. The molecule has 0 N–H and O–H groups in total. The lowest BCUT2D eigenvalue weighted by Crippen LogP contribution is -2.17. The fourth-order valence-electron chi connectivity index (χ4n) is 0.977. The van der Waals surface area contributed by atoms with Crippen LogP contribution in [-0.4, -0.2) is 26.4 Å². The predicted molar refractivity (Wildman–Crippen MR) is 65.2 cm³/mol. The molecule has 0 bridgehead atoms. The molecule has 15 heavy (non-hydrogen) atoms. The van der Waals surface area contributed by atoms with E-state index in [1.807, 2.05) is 0 Å². The maximum atomic E-state index is 5.51. The van der Waals surface area contributed by atoms with Gasteiger partial charge in [-0.2, -0.15) is 0 Å². The van der Waals surface area contributed by atoms with Crippen LogP contribution in [0.15, 0.2) is 0 Å². The Bertz CT molecular complexity index is 133. The Morgan fingerprint density at radius 3 is 1.67 bits per heavy atom. The van der Waals surface area contributed by atoms with Crippen molar-refractivity contribution in [1.29, 1.82) is 0 Å². The quantitative estimate of drug-likeness (QED) is 0.633. The van der Waals surface area contributed by atoms with Gasteiger partial charge in [0.2, 0.25) is 0 Å². The van der Waals surface area contributed by atoms with E-state index in [0.717, 1.165) is 19.6 Å². The summed E-state index contributed by atoms with van der Waals surface area (Å²) in [7, 11) is 0. The van der Waals surface area contributed by atoms with Gasteiger partial charge in [-0.3, -0.25) is 0 Å². The molecule has 92 valence electrons. The molecule has 0 aromatic rings. The summed E-state index contributed by atoms with van der Waals surface area (Å²) in [5.41, 5.74) is 0.623. The van der Waals surface area contributed by atoms with Gasteiger partial charge in [0.25, 0.3) is 0 Å². The van der Waals surface area contributed by atoms with Crippen molar-refractivity contribution in [3.05, 3.63) is 0 Å². The minimum absolute atomic E-state index is 0.255. The first-order chi connectivity index (χ1) is 6.71. The van der Waals surface area contributed by atoms with Gasteiger partial charge in [-0.25, -0.2) is 0 Å². The van der Waals surface area contributed by atoms with Crippen LogP contribution in [0.1, 0.15) is 48.0 Å². The van der Waals surface area contributed by atoms with E-state index in [-0.39, 0.29) is 5.41 Å². The van der Waals surface area contributed by atoms with Crippen LogP contribution in [-0.2, 0) is 9.47 Å². The fourth-order valence-corrected chi connectivity index (χ4v) is 0.977. The summed E-state index contributed by atoms with van der Waals surface area (Å²) < 4.78 is 11.0. The molecule has 0 amide bonds. The maximum absolute atomic E-state index is 5.51. The van der Waals surface area contributed by atoms with Crippen molar-refractivity contribution in [3.63, 3.8) is 0 Å². The molecule has 0 rings (SSSR count). The molecule has 0 aliphatic rings. The standard InChI is InChI=1S/C13H28O2/c1-12(2,3)7-8-14-9-10-15-11-13(4,5)6/h7-11H2,1-6H3. The van der Waals surface area contributed by atoms with E-state index in [9.17, 15) is 0 Å². The Hall–Kier alpha value is -0.0800. The van der Waals surface area contributed by atoms with Gasteiger partial charge in [0.15, 0.2) is 0 Å². The zero-order valence-electron chi connectivity index (χ0n) is 11.4. The van der Waals surface area contributed by atoms with Crippen LogP contribution in [0.3, 0.4) is 0 Å². The van der Waals surface area contributed by atoms with Gasteiger partial charge in [0.05, 0.1) is 19.8 Å². The minimum Gasteiger partial charge on any atom is -0.379 e. The Morgan fingerprint density at radius 1 is 0.667 bits per heavy atom. The van der Waals surface area contributed by atoms with Gasteiger partial charge in [-0.1, -0.05) is 41.5 Å². The Kier molecular flexibility index (Phi) is 6.46. The molecule has 0 unspecified atom stereocenters. The molecule has 0 spiro atoms. The summed E-state index contributed by atoms with van der Waals surface area (Å²) >= 11 is 0. The average Bonchev–Trinajstić information content (AvgIpc) is 1.98. The Morgan fingerprint density at radius 2 is 1.20 bits per heavy atom. The number of hydrogen-bond donors (Lipinski definition) is 0. The molecule has 0 radical (unpaired) electrons. The number of hydrogen-bond acceptors (Lipinski definition) is 2.